The zero-order chi connectivity index (χ0) is 26.1. The third kappa shape index (κ3) is 6.56. The predicted molar refractivity (Wildman–Crippen MR) is 131 cm³/mol. The van der Waals surface area contributed by atoms with E-state index in [0.717, 1.165) is 49.4 Å². The Bertz CT molecular complexity index is 1080. The van der Waals surface area contributed by atoms with Crippen LogP contribution in [0.2, 0.25) is 0 Å². The first kappa shape index (κ1) is 26.4. The minimum Gasteiger partial charge on any atom is -0.470 e. The van der Waals surface area contributed by atoms with Crippen molar-refractivity contribution < 1.29 is 23.4 Å². The molecule has 4 rings (SSSR count). The molecular formula is C27H36F2N4O3. The van der Waals surface area contributed by atoms with Gasteiger partial charge in [0.05, 0.1) is 17.8 Å². The van der Waals surface area contributed by atoms with Crippen molar-refractivity contribution >= 4 is 5.91 Å². The maximum atomic E-state index is 13.7. The van der Waals surface area contributed by atoms with Crippen LogP contribution in [0.25, 0.3) is 0 Å². The van der Waals surface area contributed by atoms with Gasteiger partial charge in [0.25, 0.3) is 0 Å². The van der Waals surface area contributed by atoms with Gasteiger partial charge < -0.3 is 20.5 Å². The summed E-state index contributed by atoms with van der Waals surface area (Å²) in [6.45, 7) is 7.95. The molecule has 0 bridgehead atoms. The normalized spacial score (nSPS) is 20.1. The summed E-state index contributed by atoms with van der Waals surface area (Å²) in [6.07, 6.45) is 3.58. The number of hydrogen-bond donors (Lipinski definition) is 3. The molecule has 1 fully saturated rings. The highest BCUT2D eigenvalue weighted by molar-refractivity contribution is 5.73. The van der Waals surface area contributed by atoms with Gasteiger partial charge in [0.1, 0.15) is 17.2 Å². The quantitative estimate of drug-likeness (QED) is 0.508. The lowest BCUT2D eigenvalue weighted by Crippen LogP contribution is -2.52. The van der Waals surface area contributed by atoms with Crippen molar-refractivity contribution in [2.45, 2.75) is 90.0 Å². The smallest absolute Gasteiger partial charge is 0.238 e. The van der Waals surface area contributed by atoms with Crippen molar-refractivity contribution in [1.29, 1.82) is 0 Å². The number of nitrogens with one attached hydrogen (secondary N) is 2. The molecule has 0 radical (unpaired) electrons. The molecule has 1 saturated carbocycles. The molecule has 196 valence electrons. The lowest BCUT2D eigenvalue weighted by atomic mass is 9.73. The van der Waals surface area contributed by atoms with Crippen LogP contribution in [0.15, 0.2) is 24.3 Å². The van der Waals surface area contributed by atoms with Crippen LogP contribution in [-0.2, 0) is 17.6 Å². The Balaban J connectivity index is 1.51. The van der Waals surface area contributed by atoms with E-state index in [-0.39, 0.29) is 35.9 Å². The first-order chi connectivity index (χ1) is 16.9. The molecule has 9 heteroatoms. The average molecular weight is 503 g/mol. The maximum absolute atomic E-state index is 13.7. The maximum Gasteiger partial charge on any atom is 0.238 e. The second kappa shape index (κ2) is 10.4. The summed E-state index contributed by atoms with van der Waals surface area (Å²) in [5.74, 6) is -1.20. The fourth-order valence-electron chi connectivity index (χ4n) is 5.12. The number of carbonyl (C=O) groups excluding carboxylic acids is 1. The zero-order valence-corrected chi connectivity index (χ0v) is 21.4. The number of ether oxygens (including phenoxy) is 1. The van der Waals surface area contributed by atoms with Gasteiger partial charge in [-0.15, -0.1) is 5.10 Å². The van der Waals surface area contributed by atoms with Gasteiger partial charge in [-0.1, -0.05) is 20.8 Å². The van der Waals surface area contributed by atoms with Crippen LogP contribution in [0.1, 0.15) is 76.2 Å². The van der Waals surface area contributed by atoms with Crippen molar-refractivity contribution in [3.8, 4) is 5.88 Å². The fourth-order valence-corrected chi connectivity index (χ4v) is 5.12. The standard InChI is InChI=1S/C27H36F2N4O3/c1-16(34)31-22(10-17-8-18(28)11-19(29)9-17)24(35)15-30-23-14-27(6-5-7-27)36-25-21(23)12-20(32-33-25)13-26(2,3)4/h8-9,11-12,22-24,30,35H,5-7,10,13-15H2,1-4H3,(H,31,34)/t22-,23-,24-/m0/s1. The van der Waals surface area contributed by atoms with Crippen LogP contribution >= 0.6 is 0 Å². The molecule has 2 aromatic rings. The van der Waals surface area contributed by atoms with E-state index in [0.29, 0.717) is 11.4 Å². The summed E-state index contributed by atoms with van der Waals surface area (Å²) in [5, 5.41) is 26.0. The van der Waals surface area contributed by atoms with Crippen molar-refractivity contribution in [2.75, 3.05) is 6.54 Å². The fraction of sp³-hybridized carbons (Fsp3) is 0.593. The third-order valence-corrected chi connectivity index (χ3v) is 6.88. The molecule has 3 atom stereocenters. The SMILES string of the molecule is CC(=O)N[C@@H](Cc1cc(F)cc(F)c1)[C@@H](O)CN[C@H]1CC2(CCC2)Oc2nnc(CC(C)(C)C)cc21. The summed E-state index contributed by atoms with van der Waals surface area (Å²) < 4.78 is 33.7. The topological polar surface area (TPSA) is 96.4 Å². The number of carbonyl (C=O) groups is 1. The second-order valence-electron chi connectivity index (χ2n) is 11.5. The van der Waals surface area contributed by atoms with Crippen LogP contribution in [0.4, 0.5) is 8.78 Å². The summed E-state index contributed by atoms with van der Waals surface area (Å²) in [7, 11) is 0. The molecular weight excluding hydrogens is 466 g/mol. The summed E-state index contributed by atoms with van der Waals surface area (Å²) in [5.41, 5.74) is 1.93. The van der Waals surface area contributed by atoms with Gasteiger partial charge in [-0.05, 0) is 61.3 Å². The molecule has 2 aliphatic rings. The average Bonchev–Trinajstić information content (AvgIpc) is 2.73. The summed E-state index contributed by atoms with van der Waals surface area (Å²) >= 11 is 0. The third-order valence-electron chi connectivity index (χ3n) is 6.88. The van der Waals surface area contributed by atoms with E-state index in [2.05, 4.69) is 41.6 Å². The lowest BCUT2D eigenvalue weighted by molar-refractivity contribution is -0.120. The molecule has 7 nitrogen and oxygen atoms in total. The van der Waals surface area contributed by atoms with Crippen LogP contribution in [0.3, 0.4) is 0 Å². The molecule has 36 heavy (non-hydrogen) atoms. The van der Waals surface area contributed by atoms with Gasteiger partial charge in [0.15, 0.2) is 0 Å². The van der Waals surface area contributed by atoms with Gasteiger partial charge in [-0.25, -0.2) is 8.78 Å². The number of rotatable bonds is 8. The van der Waals surface area contributed by atoms with Crippen molar-refractivity contribution in [3.63, 3.8) is 0 Å². The Morgan fingerprint density at radius 3 is 2.47 bits per heavy atom. The molecule has 1 aromatic heterocycles. The second-order valence-corrected chi connectivity index (χ2v) is 11.5. The van der Waals surface area contributed by atoms with Gasteiger partial charge in [0, 0.05) is 37.6 Å². The van der Waals surface area contributed by atoms with E-state index in [1.807, 2.05) is 6.07 Å². The van der Waals surface area contributed by atoms with E-state index in [1.54, 1.807) is 0 Å². The van der Waals surface area contributed by atoms with Gasteiger partial charge in [-0.2, -0.15) is 5.10 Å². The highest BCUT2D eigenvalue weighted by atomic mass is 19.1. The number of aliphatic hydroxyl groups excluding tert-OH is 1. The molecule has 0 saturated heterocycles. The van der Waals surface area contributed by atoms with E-state index in [9.17, 15) is 18.7 Å². The Kier molecular flexibility index (Phi) is 7.61. The highest BCUT2D eigenvalue weighted by Gasteiger charge is 2.46. The molecule has 0 unspecified atom stereocenters. The van der Waals surface area contributed by atoms with Gasteiger partial charge >= 0.3 is 0 Å². The molecule has 1 aromatic carbocycles. The monoisotopic (exact) mass is 502 g/mol. The van der Waals surface area contributed by atoms with E-state index >= 15 is 0 Å². The number of hydrogen-bond acceptors (Lipinski definition) is 6. The number of nitrogens with zero attached hydrogens (tertiary/aromatic N) is 2. The highest BCUT2D eigenvalue weighted by Crippen LogP contribution is 2.48. The van der Waals surface area contributed by atoms with Crippen molar-refractivity contribution in [1.82, 2.24) is 20.8 Å². The molecule has 1 spiro atoms. The van der Waals surface area contributed by atoms with E-state index < -0.39 is 23.8 Å². The van der Waals surface area contributed by atoms with Crippen LogP contribution < -0.4 is 15.4 Å². The van der Waals surface area contributed by atoms with Crippen molar-refractivity contribution in [2.24, 2.45) is 5.41 Å². The number of amides is 1. The minimum atomic E-state index is -0.993. The number of halogens is 2. The number of aromatic nitrogens is 2. The molecule has 1 aliphatic carbocycles. The first-order valence-electron chi connectivity index (χ1n) is 12.6. The van der Waals surface area contributed by atoms with Crippen molar-refractivity contribution in [3.05, 3.63) is 52.7 Å². The Morgan fingerprint density at radius 2 is 1.89 bits per heavy atom. The van der Waals surface area contributed by atoms with Crippen LogP contribution in [-0.4, -0.2) is 45.5 Å². The van der Waals surface area contributed by atoms with Gasteiger partial charge in [-0.3, -0.25) is 4.79 Å². The lowest BCUT2D eigenvalue weighted by Gasteiger charge is -2.47. The van der Waals surface area contributed by atoms with E-state index in [1.165, 1.54) is 19.1 Å². The number of benzene rings is 1. The summed E-state index contributed by atoms with van der Waals surface area (Å²) in [4.78, 5) is 11.8. The Hall–Kier alpha value is -2.65. The van der Waals surface area contributed by atoms with Crippen LogP contribution in [0.5, 0.6) is 5.88 Å². The number of aliphatic hydroxyl groups is 1. The minimum absolute atomic E-state index is 0.0503. The first-order valence-corrected chi connectivity index (χ1v) is 12.6. The molecule has 2 heterocycles. The predicted octanol–water partition coefficient (Wildman–Crippen LogP) is 3.79. The molecule has 3 N–H and O–H groups in total. The zero-order valence-electron chi connectivity index (χ0n) is 21.4. The Morgan fingerprint density at radius 1 is 1.19 bits per heavy atom. The van der Waals surface area contributed by atoms with Crippen LogP contribution in [0, 0.1) is 17.0 Å². The van der Waals surface area contributed by atoms with E-state index in [4.69, 9.17) is 4.74 Å². The largest absolute Gasteiger partial charge is 0.470 e. The Labute approximate surface area is 211 Å². The molecule has 1 aliphatic heterocycles. The van der Waals surface area contributed by atoms with Gasteiger partial charge in [0.2, 0.25) is 11.8 Å². The summed E-state index contributed by atoms with van der Waals surface area (Å²) in [6, 6.07) is 4.42. The molecule has 1 amide bonds. The number of fused-ring (bicyclic) bond motifs is 1.